The van der Waals surface area contributed by atoms with Gasteiger partial charge in [-0.25, -0.2) is 0 Å². The maximum absolute atomic E-state index is 10.4. The zero-order valence-electron chi connectivity index (χ0n) is 6.02. The van der Waals surface area contributed by atoms with Gasteiger partial charge >= 0.3 is 0 Å². The van der Waals surface area contributed by atoms with Crippen LogP contribution in [-0.4, -0.2) is 5.91 Å². The van der Waals surface area contributed by atoms with E-state index in [2.05, 4.69) is 21.2 Å². The summed E-state index contributed by atoms with van der Waals surface area (Å²) in [6.07, 6.45) is 5.32. The third kappa shape index (κ3) is 5.56. The summed E-state index contributed by atoms with van der Waals surface area (Å²) in [5.74, 6) is -0.0681. The van der Waals surface area contributed by atoms with Crippen molar-refractivity contribution in [2.75, 3.05) is 0 Å². The van der Waals surface area contributed by atoms with E-state index in [0.29, 0.717) is 0 Å². The van der Waals surface area contributed by atoms with Crippen molar-refractivity contribution in [3.63, 3.8) is 0 Å². The molecule has 1 amide bonds. The Kier molecular flexibility index (Phi) is 4.94. The van der Waals surface area contributed by atoms with Gasteiger partial charge in [0.1, 0.15) is 0 Å². The molecule has 0 radical (unpaired) electrons. The SMILES string of the molecule is C/C=C\C(Br)=C/NC(C)=O. The summed E-state index contributed by atoms with van der Waals surface area (Å²) in [4.78, 5) is 10.4. The van der Waals surface area contributed by atoms with E-state index < -0.39 is 0 Å². The molecular weight excluding hydrogens is 194 g/mol. The minimum absolute atomic E-state index is 0.0681. The van der Waals surface area contributed by atoms with Gasteiger partial charge in [-0.05, 0) is 22.9 Å². The van der Waals surface area contributed by atoms with Gasteiger partial charge in [-0.15, -0.1) is 0 Å². The van der Waals surface area contributed by atoms with Crippen LogP contribution in [0.5, 0.6) is 0 Å². The summed E-state index contributed by atoms with van der Waals surface area (Å²) in [6.45, 7) is 3.37. The molecule has 0 heterocycles. The molecule has 0 unspecified atom stereocenters. The van der Waals surface area contributed by atoms with Gasteiger partial charge in [0.05, 0.1) is 0 Å². The molecule has 0 saturated heterocycles. The normalized spacial score (nSPS) is 12.1. The van der Waals surface area contributed by atoms with Crippen molar-refractivity contribution in [2.24, 2.45) is 0 Å². The van der Waals surface area contributed by atoms with E-state index in [1.54, 1.807) is 6.20 Å². The number of rotatable bonds is 2. The standard InChI is InChI=1S/C7H10BrNO/c1-3-4-7(8)5-9-6(2)10/h3-5H,1-2H3,(H,9,10)/b4-3-,7-5+. The Morgan fingerprint density at radius 3 is 2.60 bits per heavy atom. The number of hydrogen-bond donors (Lipinski definition) is 1. The number of allylic oxidation sites excluding steroid dienone is 3. The molecule has 10 heavy (non-hydrogen) atoms. The van der Waals surface area contributed by atoms with E-state index in [0.717, 1.165) is 4.48 Å². The van der Waals surface area contributed by atoms with Crippen molar-refractivity contribution >= 4 is 21.8 Å². The topological polar surface area (TPSA) is 29.1 Å². The fourth-order valence-corrected chi connectivity index (χ4v) is 0.757. The van der Waals surface area contributed by atoms with E-state index in [4.69, 9.17) is 0 Å². The first-order valence-electron chi connectivity index (χ1n) is 2.92. The van der Waals surface area contributed by atoms with Crippen LogP contribution < -0.4 is 5.32 Å². The molecule has 0 atom stereocenters. The lowest BCUT2D eigenvalue weighted by molar-refractivity contribution is -0.118. The number of carbonyl (C=O) groups is 1. The molecule has 0 bridgehead atoms. The molecule has 2 nitrogen and oxygen atoms in total. The third-order valence-electron chi connectivity index (χ3n) is 0.739. The van der Waals surface area contributed by atoms with Crippen molar-refractivity contribution in [3.05, 3.63) is 22.8 Å². The van der Waals surface area contributed by atoms with Crippen LogP contribution >= 0.6 is 15.9 Å². The average molecular weight is 204 g/mol. The summed E-state index contributed by atoms with van der Waals surface area (Å²) in [5.41, 5.74) is 0. The second-order valence-corrected chi connectivity index (χ2v) is 2.65. The summed E-state index contributed by atoms with van der Waals surface area (Å²) in [6, 6.07) is 0. The average Bonchev–Trinajstić information content (AvgIpc) is 1.85. The van der Waals surface area contributed by atoms with Gasteiger partial charge in [0, 0.05) is 17.6 Å². The smallest absolute Gasteiger partial charge is 0.220 e. The van der Waals surface area contributed by atoms with Crippen molar-refractivity contribution in [1.82, 2.24) is 5.32 Å². The highest BCUT2D eigenvalue weighted by Gasteiger charge is 1.85. The summed E-state index contributed by atoms with van der Waals surface area (Å²) in [5, 5.41) is 2.53. The third-order valence-corrected chi connectivity index (χ3v) is 1.23. The Morgan fingerprint density at radius 1 is 1.60 bits per heavy atom. The number of carbonyl (C=O) groups excluding carboxylic acids is 1. The van der Waals surface area contributed by atoms with Gasteiger partial charge in [0.2, 0.25) is 5.91 Å². The first-order valence-corrected chi connectivity index (χ1v) is 3.71. The van der Waals surface area contributed by atoms with Crippen molar-refractivity contribution in [3.8, 4) is 0 Å². The van der Waals surface area contributed by atoms with Crippen LogP contribution in [-0.2, 0) is 4.79 Å². The lowest BCUT2D eigenvalue weighted by Crippen LogP contribution is -2.11. The highest BCUT2D eigenvalue weighted by Crippen LogP contribution is 2.03. The second-order valence-electron chi connectivity index (χ2n) is 1.73. The second kappa shape index (κ2) is 5.23. The Bertz CT molecular complexity index is 172. The zero-order valence-corrected chi connectivity index (χ0v) is 7.60. The predicted octanol–water partition coefficient (Wildman–Crippen LogP) is 1.93. The maximum Gasteiger partial charge on any atom is 0.220 e. The Morgan fingerprint density at radius 2 is 2.20 bits per heavy atom. The molecule has 0 aromatic rings. The largest absolute Gasteiger partial charge is 0.332 e. The summed E-state index contributed by atoms with van der Waals surface area (Å²) >= 11 is 3.23. The maximum atomic E-state index is 10.4. The molecule has 0 aliphatic carbocycles. The van der Waals surface area contributed by atoms with E-state index >= 15 is 0 Å². The minimum atomic E-state index is -0.0681. The molecule has 1 N–H and O–H groups in total. The molecule has 0 aromatic heterocycles. The highest BCUT2D eigenvalue weighted by molar-refractivity contribution is 9.11. The molecule has 0 aliphatic rings. The fraction of sp³-hybridized carbons (Fsp3) is 0.286. The van der Waals surface area contributed by atoms with Crippen molar-refractivity contribution in [1.29, 1.82) is 0 Å². The minimum Gasteiger partial charge on any atom is -0.332 e. The van der Waals surface area contributed by atoms with Gasteiger partial charge in [-0.2, -0.15) is 0 Å². The first-order chi connectivity index (χ1) is 4.66. The Balaban J connectivity index is 3.80. The Hall–Kier alpha value is -0.570. The summed E-state index contributed by atoms with van der Waals surface area (Å²) < 4.78 is 0.852. The fourth-order valence-electron chi connectivity index (χ4n) is 0.378. The van der Waals surface area contributed by atoms with Crippen LogP contribution in [0.25, 0.3) is 0 Å². The summed E-state index contributed by atoms with van der Waals surface area (Å²) in [7, 11) is 0. The molecule has 0 fully saturated rings. The van der Waals surface area contributed by atoms with Gasteiger partial charge < -0.3 is 5.32 Å². The quantitative estimate of drug-likeness (QED) is 0.684. The Labute approximate surface area is 69.1 Å². The van der Waals surface area contributed by atoms with E-state index in [1.165, 1.54) is 6.92 Å². The van der Waals surface area contributed by atoms with Gasteiger partial charge in [-0.1, -0.05) is 12.2 Å². The molecule has 56 valence electrons. The van der Waals surface area contributed by atoms with Crippen LogP contribution in [0.1, 0.15) is 13.8 Å². The van der Waals surface area contributed by atoms with Crippen LogP contribution in [0.15, 0.2) is 22.8 Å². The zero-order chi connectivity index (χ0) is 7.98. The molecule has 0 aliphatic heterocycles. The highest BCUT2D eigenvalue weighted by atomic mass is 79.9. The molecule has 0 spiro atoms. The molecular formula is C7H10BrNO. The molecule has 0 aromatic carbocycles. The monoisotopic (exact) mass is 203 g/mol. The molecule has 0 rings (SSSR count). The lowest BCUT2D eigenvalue weighted by Gasteiger charge is -1.91. The van der Waals surface area contributed by atoms with Gasteiger partial charge in [0.25, 0.3) is 0 Å². The van der Waals surface area contributed by atoms with Crippen LogP contribution in [0.2, 0.25) is 0 Å². The number of halogens is 1. The van der Waals surface area contributed by atoms with Crippen molar-refractivity contribution < 1.29 is 4.79 Å². The number of nitrogens with one attached hydrogen (secondary N) is 1. The number of amides is 1. The lowest BCUT2D eigenvalue weighted by atomic mass is 10.5. The van der Waals surface area contributed by atoms with Gasteiger partial charge in [0.15, 0.2) is 0 Å². The molecule has 0 saturated carbocycles. The van der Waals surface area contributed by atoms with E-state index in [1.807, 2.05) is 19.1 Å². The molecule has 3 heteroatoms. The van der Waals surface area contributed by atoms with Crippen molar-refractivity contribution in [2.45, 2.75) is 13.8 Å². The van der Waals surface area contributed by atoms with Gasteiger partial charge in [-0.3, -0.25) is 4.79 Å². The predicted molar refractivity (Wildman–Crippen MR) is 45.6 cm³/mol. The van der Waals surface area contributed by atoms with E-state index in [-0.39, 0.29) is 5.91 Å². The number of hydrogen-bond acceptors (Lipinski definition) is 1. The van der Waals surface area contributed by atoms with Crippen LogP contribution in [0, 0.1) is 0 Å². The first kappa shape index (κ1) is 9.43. The van der Waals surface area contributed by atoms with Crippen LogP contribution in [0.4, 0.5) is 0 Å². The van der Waals surface area contributed by atoms with Crippen LogP contribution in [0.3, 0.4) is 0 Å². The van der Waals surface area contributed by atoms with E-state index in [9.17, 15) is 4.79 Å².